The van der Waals surface area contributed by atoms with Crippen LogP contribution < -0.4 is 10.9 Å². The van der Waals surface area contributed by atoms with Crippen molar-refractivity contribution in [2.75, 3.05) is 6.54 Å². The molecule has 0 radical (unpaired) electrons. The van der Waals surface area contributed by atoms with Gasteiger partial charge in [-0.05, 0) is 30.3 Å². The number of aromatic nitrogens is 4. The Kier molecular flexibility index (Phi) is 4.89. The summed E-state index contributed by atoms with van der Waals surface area (Å²) >= 11 is 0. The van der Waals surface area contributed by atoms with E-state index in [1.54, 1.807) is 18.2 Å². The van der Waals surface area contributed by atoms with E-state index in [2.05, 4.69) is 20.4 Å². The molecule has 3 aromatic rings. The Morgan fingerprint density at radius 2 is 1.92 bits per heavy atom. The number of nitrogens with one attached hydrogen (secondary N) is 1. The van der Waals surface area contributed by atoms with Crippen molar-refractivity contribution in [1.82, 2.24) is 25.1 Å². The molecule has 2 aromatic heterocycles. The average molecular weight is 339 g/mol. The van der Waals surface area contributed by atoms with Crippen molar-refractivity contribution < 1.29 is 9.18 Å². The van der Waals surface area contributed by atoms with E-state index in [1.807, 2.05) is 0 Å². The molecular formula is C17H14FN5O2. The summed E-state index contributed by atoms with van der Waals surface area (Å²) < 4.78 is 14.2. The monoisotopic (exact) mass is 339 g/mol. The van der Waals surface area contributed by atoms with Gasteiger partial charge in [-0.2, -0.15) is 5.10 Å². The topological polar surface area (TPSA) is 89.8 Å². The highest BCUT2D eigenvalue weighted by Crippen LogP contribution is 2.15. The van der Waals surface area contributed by atoms with Crippen LogP contribution in [0.2, 0.25) is 0 Å². The molecule has 1 aromatic carbocycles. The summed E-state index contributed by atoms with van der Waals surface area (Å²) in [5, 5.41) is 6.89. The highest BCUT2D eigenvalue weighted by Gasteiger charge is 2.07. The minimum absolute atomic E-state index is 0.194. The molecule has 8 heteroatoms. The quantitative estimate of drug-likeness (QED) is 0.756. The third-order valence-corrected chi connectivity index (χ3v) is 3.41. The molecule has 1 N–H and O–H groups in total. The van der Waals surface area contributed by atoms with Gasteiger partial charge in [0.05, 0.1) is 18.4 Å². The number of hydrogen-bond donors (Lipinski definition) is 1. The van der Waals surface area contributed by atoms with E-state index in [0.717, 1.165) is 0 Å². The third kappa shape index (κ3) is 4.11. The molecule has 0 spiro atoms. The normalized spacial score (nSPS) is 10.4. The van der Waals surface area contributed by atoms with Crippen LogP contribution in [0.3, 0.4) is 0 Å². The lowest BCUT2D eigenvalue weighted by Crippen LogP contribution is -2.32. The van der Waals surface area contributed by atoms with Crippen LogP contribution in [0.4, 0.5) is 4.39 Å². The Morgan fingerprint density at radius 3 is 2.64 bits per heavy atom. The third-order valence-electron chi connectivity index (χ3n) is 3.41. The SMILES string of the molecule is O=C(NCCn1nc(-c2ccc(F)cc2)ccc1=O)c1cnccn1. The number of hydrogen-bond acceptors (Lipinski definition) is 5. The van der Waals surface area contributed by atoms with Crippen molar-refractivity contribution in [3.63, 3.8) is 0 Å². The molecule has 0 bridgehead atoms. The van der Waals surface area contributed by atoms with Gasteiger partial charge < -0.3 is 5.32 Å². The van der Waals surface area contributed by atoms with Crippen molar-refractivity contribution in [3.05, 3.63) is 76.9 Å². The van der Waals surface area contributed by atoms with E-state index >= 15 is 0 Å². The first-order valence-electron chi connectivity index (χ1n) is 7.52. The molecule has 0 fully saturated rings. The van der Waals surface area contributed by atoms with Gasteiger partial charge in [-0.1, -0.05) is 0 Å². The molecule has 0 saturated carbocycles. The maximum absolute atomic E-state index is 13.0. The molecule has 7 nitrogen and oxygen atoms in total. The highest BCUT2D eigenvalue weighted by atomic mass is 19.1. The van der Waals surface area contributed by atoms with Crippen molar-refractivity contribution in [3.8, 4) is 11.3 Å². The van der Waals surface area contributed by atoms with Gasteiger partial charge in [0, 0.05) is 30.6 Å². The van der Waals surface area contributed by atoms with Crippen LogP contribution in [0, 0.1) is 5.82 Å². The van der Waals surface area contributed by atoms with Gasteiger partial charge in [-0.3, -0.25) is 14.6 Å². The van der Waals surface area contributed by atoms with Crippen LogP contribution in [-0.2, 0) is 6.54 Å². The molecule has 0 aliphatic heterocycles. The second-order valence-electron chi connectivity index (χ2n) is 5.13. The highest BCUT2D eigenvalue weighted by molar-refractivity contribution is 5.91. The summed E-state index contributed by atoms with van der Waals surface area (Å²) in [6, 6.07) is 8.78. The van der Waals surface area contributed by atoms with Gasteiger partial charge in [-0.15, -0.1) is 0 Å². The molecule has 2 heterocycles. The second kappa shape index (κ2) is 7.43. The van der Waals surface area contributed by atoms with E-state index in [0.29, 0.717) is 11.3 Å². The van der Waals surface area contributed by atoms with E-state index < -0.39 is 0 Å². The Morgan fingerprint density at radius 1 is 1.12 bits per heavy atom. The van der Waals surface area contributed by atoms with Crippen LogP contribution in [0.25, 0.3) is 11.3 Å². The van der Waals surface area contributed by atoms with E-state index in [9.17, 15) is 14.0 Å². The second-order valence-corrected chi connectivity index (χ2v) is 5.13. The van der Waals surface area contributed by atoms with E-state index in [1.165, 1.54) is 41.5 Å². The Bertz CT molecular complexity index is 926. The fraction of sp³-hybridized carbons (Fsp3) is 0.118. The number of halogens is 1. The first-order valence-corrected chi connectivity index (χ1v) is 7.52. The first-order chi connectivity index (χ1) is 12.1. The zero-order valence-corrected chi connectivity index (χ0v) is 13.1. The summed E-state index contributed by atoms with van der Waals surface area (Å²) in [5.41, 5.74) is 1.14. The summed E-state index contributed by atoms with van der Waals surface area (Å²) in [5.74, 6) is -0.723. The van der Waals surface area contributed by atoms with Crippen molar-refractivity contribution in [2.24, 2.45) is 0 Å². The number of rotatable bonds is 5. The largest absolute Gasteiger partial charge is 0.349 e. The molecular weight excluding hydrogens is 325 g/mol. The van der Waals surface area contributed by atoms with Gasteiger partial charge in [0.15, 0.2) is 0 Å². The Balaban J connectivity index is 1.68. The van der Waals surface area contributed by atoms with Gasteiger partial charge >= 0.3 is 0 Å². The molecule has 0 saturated heterocycles. The lowest BCUT2D eigenvalue weighted by Gasteiger charge is -2.08. The molecule has 0 unspecified atom stereocenters. The van der Waals surface area contributed by atoms with Crippen molar-refractivity contribution >= 4 is 5.91 Å². The van der Waals surface area contributed by atoms with Crippen molar-refractivity contribution in [2.45, 2.75) is 6.54 Å². The van der Waals surface area contributed by atoms with Gasteiger partial charge in [-0.25, -0.2) is 14.1 Å². The van der Waals surface area contributed by atoms with Crippen LogP contribution in [0.15, 0.2) is 59.8 Å². The smallest absolute Gasteiger partial charge is 0.271 e. The molecule has 0 aliphatic carbocycles. The van der Waals surface area contributed by atoms with Gasteiger partial charge in [0.25, 0.3) is 11.5 Å². The summed E-state index contributed by atoms with van der Waals surface area (Å²) in [7, 11) is 0. The molecule has 0 atom stereocenters. The summed E-state index contributed by atoms with van der Waals surface area (Å²) in [4.78, 5) is 31.5. The zero-order valence-electron chi connectivity index (χ0n) is 13.1. The molecule has 25 heavy (non-hydrogen) atoms. The van der Waals surface area contributed by atoms with Crippen LogP contribution in [0.1, 0.15) is 10.5 Å². The van der Waals surface area contributed by atoms with Crippen LogP contribution >= 0.6 is 0 Å². The zero-order chi connectivity index (χ0) is 17.6. The molecule has 1 amide bonds. The number of carbonyl (C=O) groups is 1. The number of nitrogens with zero attached hydrogens (tertiary/aromatic N) is 4. The van der Waals surface area contributed by atoms with E-state index in [-0.39, 0.29) is 36.1 Å². The average Bonchev–Trinajstić information content (AvgIpc) is 2.64. The van der Waals surface area contributed by atoms with Crippen molar-refractivity contribution in [1.29, 1.82) is 0 Å². The minimum atomic E-state index is -0.379. The van der Waals surface area contributed by atoms with Crippen LogP contribution in [0.5, 0.6) is 0 Å². The maximum Gasteiger partial charge on any atom is 0.271 e. The number of benzene rings is 1. The first kappa shape index (κ1) is 16.4. The number of amides is 1. The van der Waals surface area contributed by atoms with E-state index in [4.69, 9.17) is 0 Å². The fourth-order valence-electron chi connectivity index (χ4n) is 2.17. The lowest BCUT2D eigenvalue weighted by atomic mass is 10.1. The minimum Gasteiger partial charge on any atom is -0.349 e. The molecule has 3 rings (SSSR count). The van der Waals surface area contributed by atoms with Gasteiger partial charge in [0.1, 0.15) is 11.5 Å². The lowest BCUT2D eigenvalue weighted by molar-refractivity contribution is 0.0946. The van der Waals surface area contributed by atoms with Crippen LogP contribution in [-0.4, -0.2) is 32.2 Å². The fourth-order valence-corrected chi connectivity index (χ4v) is 2.17. The molecule has 0 aliphatic rings. The Labute approximate surface area is 142 Å². The number of carbonyl (C=O) groups excluding carboxylic acids is 1. The standard InChI is InChI=1S/C17H14FN5O2/c18-13-3-1-12(2-4-13)14-5-6-16(24)23(22-14)10-9-21-17(25)15-11-19-7-8-20-15/h1-8,11H,9-10H2,(H,21,25). The predicted molar refractivity (Wildman–Crippen MR) is 88.3 cm³/mol. The van der Waals surface area contributed by atoms with Gasteiger partial charge in [0.2, 0.25) is 0 Å². The Hall–Kier alpha value is -3.42. The summed E-state index contributed by atoms with van der Waals surface area (Å²) in [6.07, 6.45) is 4.25. The maximum atomic E-state index is 13.0. The predicted octanol–water partition coefficient (Wildman–Crippen LogP) is 1.27. The summed E-state index contributed by atoms with van der Waals surface area (Å²) in [6.45, 7) is 0.398. The molecule has 126 valence electrons.